The van der Waals surface area contributed by atoms with E-state index in [-0.39, 0.29) is 18.1 Å². The maximum absolute atomic E-state index is 13.3. The number of carbonyl (C=O) groups is 1. The molecule has 4 aromatic rings. The summed E-state index contributed by atoms with van der Waals surface area (Å²) in [4.78, 5) is 34.1. The van der Waals surface area contributed by atoms with Gasteiger partial charge in [-0.15, -0.1) is 0 Å². The SMILES string of the molecule is COc1cc2nc(N(Cc3cccnc3)C(=O)/C=C/c3cccc([N+](=O)[O-])c3)sc2cc1OC. The number of anilines is 1. The summed E-state index contributed by atoms with van der Waals surface area (Å²) in [7, 11) is 3.11. The third-order valence-corrected chi connectivity index (χ3v) is 5.98. The third kappa shape index (κ3) is 5.02. The minimum atomic E-state index is -0.475. The van der Waals surface area contributed by atoms with Crippen molar-refractivity contribution in [3.8, 4) is 11.5 Å². The maximum Gasteiger partial charge on any atom is 0.270 e. The van der Waals surface area contributed by atoms with E-state index in [2.05, 4.69) is 9.97 Å². The van der Waals surface area contributed by atoms with Gasteiger partial charge in [0.15, 0.2) is 16.6 Å². The number of ether oxygens (including phenoxy) is 2. The fourth-order valence-electron chi connectivity index (χ4n) is 3.27. The first kappa shape index (κ1) is 22.9. The number of rotatable bonds is 8. The Morgan fingerprint density at radius 1 is 1.15 bits per heavy atom. The number of aromatic nitrogens is 2. The first-order valence-electron chi connectivity index (χ1n) is 10.1. The largest absolute Gasteiger partial charge is 0.493 e. The van der Waals surface area contributed by atoms with Crippen LogP contribution < -0.4 is 14.4 Å². The minimum absolute atomic E-state index is 0.0455. The highest BCUT2D eigenvalue weighted by atomic mass is 32.1. The van der Waals surface area contributed by atoms with Crippen molar-refractivity contribution in [2.75, 3.05) is 19.1 Å². The molecular weight excluding hydrogens is 456 g/mol. The first-order valence-corrected chi connectivity index (χ1v) is 11.0. The van der Waals surface area contributed by atoms with E-state index in [4.69, 9.17) is 9.47 Å². The molecule has 2 aromatic carbocycles. The summed E-state index contributed by atoms with van der Waals surface area (Å²) < 4.78 is 11.6. The van der Waals surface area contributed by atoms with E-state index < -0.39 is 4.92 Å². The third-order valence-electron chi connectivity index (χ3n) is 4.94. The van der Waals surface area contributed by atoms with Gasteiger partial charge in [0.25, 0.3) is 11.6 Å². The minimum Gasteiger partial charge on any atom is -0.493 e. The molecule has 0 atom stereocenters. The van der Waals surface area contributed by atoms with Gasteiger partial charge in [-0.25, -0.2) is 4.98 Å². The zero-order chi connectivity index (χ0) is 24.1. The quantitative estimate of drug-likeness (QED) is 0.203. The van der Waals surface area contributed by atoms with Gasteiger partial charge in [-0.1, -0.05) is 29.5 Å². The standard InChI is InChI=1S/C24H20N4O5S/c1-32-20-12-19-22(13-21(20)33-2)34-24(26-19)27(15-17-6-4-10-25-14-17)23(29)9-8-16-5-3-7-18(11-16)28(30)31/h3-14H,15H2,1-2H3/b9-8+. The highest BCUT2D eigenvalue weighted by Crippen LogP contribution is 2.37. The van der Waals surface area contributed by atoms with Gasteiger partial charge >= 0.3 is 0 Å². The molecule has 10 heteroatoms. The van der Waals surface area contributed by atoms with Gasteiger partial charge < -0.3 is 9.47 Å². The lowest BCUT2D eigenvalue weighted by molar-refractivity contribution is -0.384. The molecule has 34 heavy (non-hydrogen) atoms. The van der Waals surface area contributed by atoms with Crippen LogP contribution in [0.4, 0.5) is 10.8 Å². The molecule has 0 fully saturated rings. The van der Waals surface area contributed by atoms with Crippen LogP contribution in [0.3, 0.4) is 0 Å². The first-order chi connectivity index (χ1) is 16.5. The van der Waals surface area contributed by atoms with Crippen LogP contribution in [0, 0.1) is 10.1 Å². The van der Waals surface area contributed by atoms with Crippen molar-refractivity contribution in [1.82, 2.24) is 9.97 Å². The molecular formula is C24H20N4O5S. The molecule has 9 nitrogen and oxygen atoms in total. The van der Waals surface area contributed by atoms with Crippen LogP contribution in [0.15, 0.2) is 67.0 Å². The van der Waals surface area contributed by atoms with E-state index in [9.17, 15) is 14.9 Å². The number of carbonyl (C=O) groups excluding carboxylic acids is 1. The lowest BCUT2D eigenvalue weighted by Gasteiger charge is -2.18. The number of pyridine rings is 1. The van der Waals surface area contributed by atoms with Crippen LogP contribution >= 0.6 is 11.3 Å². The Balaban J connectivity index is 1.70. The van der Waals surface area contributed by atoms with Crippen LogP contribution in [-0.2, 0) is 11.3 Å². The van der Waals surface area contributed by atoms with Gasteiger partial charge in [-0.3, -0.25) is 24.8 Å². The Kier molecular flexibility index (Phi) is 6.79. The summed E-state index contributed by atoms with van der Waals surface area (Å²) in [5.41, 5.74) is 2.00. The molecule has 0 bridgehead atoms. The summed E-state index contributed by atoms with van der Waals surface area (Å²) in [6.07, 6.45) is 6.27. The van der Waals surface area contributed by atoms with Crippen molar-refractivity contribution in [3.05, 3.63) is 88.2 Å². The van der Waals surface area contributed by atoms with Crippen molar-refractivity contribution in [2.24, 2.45) is 0 Å². The number of hydrogen-bond donors (Lipinski definition) is 0. The Morgan fingerprint density at radius 2 is 1.94 bits per heavy atom. The van der Waals surface area contributed by atoms with Gasteiger partial charge in [-0.2, -0.15) is 0 Å². The fourth-order valence-corrected chi connectivity index (χ4v) is 4.25. The van der Waals surface area contributed by atoms with Gasteiger partial charge in [0.2, 0.25) is 0 Å². The van der Waals surface area contributed by atoms with Gasteiger partial charge in [0.1, 0.15) is 0 Å². The van der Waals surface area contributed by atoms with E-state index in [0.29, 0.717) is 27.7 Å². The summed E-state index contributed by atoms with van der Waals surface area (Å²) in [6.45, 7) is 0.250. The number of nitro groups is 1. The predicted molar refractivity (Wildman–Crippen MR) is 130 cm³/mol. The Bertz CT molecular complexity index is 1330. The average molecular weight is 477 g/mol. The van der Waals surface area contributed by atoms with Crippen molar-refractivity contribution in [2.45, 2.75) is 6.54 Å². The van der Waals surface area contributed by atoms with Gasteiger partial charge in [-0.05, 0) is 23.3 Å². The number of benzene rings is 2. The summed E-state index contributed by atoms with van der Waals surface area (Å²) in [5, 5.41) is 11.5. The molecule has 1 amide bonds. The molecule has 0 saturated heterocycles. The molecule has 2 aromatic heterocycles. The van der Waals surface area contributed by atoms with Crippen LogP contribution in [0.5, 0.6) is 11.5 Å². The highest BCUT2D eigenvalue weighted by Gasteiger charge is 2.20. The molecule has 0 aliphatic rings. The Labute approximate surface area is 199 Å². The zero-order valence-electron chi connectivity index (χ0n) is 18.4. The molecule has 0 aliphatic heterocycles. The van der Waals surface area contributed by atoms with E-state index in [1.165, 1.54) is 34.4 Å². The molecule has 2 heterocycles. The van der Waals surface area contributed by atoms with Gasteiger partial charge in [0, 0.05) is 42.7 Å². The number of amides is 1. The highest BCUT2D eigenvalue weighted by molar-refractivity contribution is 7.22. The van der Waals surface area contributed by atoms with Crippen molar-refractivity contribution in [3.63, 3.8) is 0 Å². The van der Waals surface area contributed by atoms with E-state index in [1.807, 2.05) is 12.1 Å². The Morgan fingerprint density at radius 3 is 2.65 bits per heavy atom. The number of nitrogens with zero attached hydrogens (tertiary/aromatic N) is 4. The van der Waals surface area contributed by atoms with E-state index in [0.717, 1.165) is 10.3 Å². The molecule has 0 spiro atoms. The van der Waals surface area contributed by atoms with Gasteiger partial charge in [0.05, 0.1) is 35.9 Å². The number of fused-ring (bicyclic) bond motifs is 1. The number of nitro benzene ring substituents is 1. The topological polar surface area (TPSA) is 108 Å². The molecule has 0 radical (unpaired) electrons. The molecule has 0 saturated carbocycles. The van der Waals surface area contributed by atoms with Crippen molar-refractivity contribution < 1.29 is 19.2 Å². The van der Waals surface area contributed by atoms with Crippen molar-refractivity contribution in [1.29, 1.82) is 0 Å². The van der Waals surface area contributed by atoms with Crippen LogP contribution in [0.25, 0.3) is 16.3 Å². The second-order valence-corrected chi connectivity index (χ2v) is 8.15. The van der Waals surface area contributed by atoms with Crippen LogP contribution in [0.1, 0.15) is 11.1 Å². The summed E-state index contributed by atoms with van der Waals surface area (Å²) in [6, 6.07) is 13.3. The smallest absolute Gasteiger partial charge is 0.270 e. The normalized spacial score (nSPS) is 11.0. The van der Waals surface area contributed by atoms with Crippen LogP contribution in [-0.4, -0.2) is 35.0 Å². The second kappa shape index (κ2) is 10.1. The summed E-state index contributed by atoms with van der Waals surface area (Å²) >= 11 is 1.34. The predicted octanol–water partition coefficient (Wildman–Crippen LogP) is 4.86. The lowest BCUT2D eigenvalue weighted by Crippen LogP contribution is -2.28. The van der Waals surface area contributed by atoms with E-state index >= 15 is 0 Å². The second-order valence-electron chi connectivity index (χ2n) is 7.14. The molecule has 0 aliphatic carbocycles. The molecule has 172 valence electrons. The summed E-state index contributed by atoms with van der Waals surface area (Å²) in [5.74, 6) is 0.789. The Hall–Kier alpha value is -4.31. The number of thiazole rings is 1. The molecule has 0 N–H and O–H groups in total. The fraction of sp³-hybridized carbons (Fsp3) is 0.125. The molecule has 0 unspecified atom stereocenters. The zero-order valence-corrected chi connectivity index (χ0v) is 19.2. The monoisotopic (exact) mass is 476 g/mol. The van der Waals surface area contributed by atoms with Crippen molar-refractivity contribution >= 4 is 44.4 Å². The number of hydrogen-bond acceptors (Lipinski definition) is 8. The van der Waals surface area contributed by atoms with Crippen LogP contribution in [0.2, 0.25) is 0 Å². The van der Waals surface area contributed by atoms with E-state index in [1.54, 1.807) is 57.0 Å². The lowest BCUT2D eigenvalue weighted by atomic mass is 10.2. The molecule has 4 rings (SSSR count). The average Bonchev–Trinajstić information content (AvgIpc) is 3.28. The maximum atomic E-state index is 13.3. The number of non-ortho nitro benzene ring substituents is 1. The number of methoxy groups -OCH3 is 2.